The molecule has 0 bridgehead atoms. The summed E-state index contributed by atoms with van der Waals surface area (Å²) < 4.78 is 2.03. The molecule has 136 valence electrons. The lowest BCUT2D eigenvalue weighted by Crippen LogP contribution is -2.20. The highest BCUT2D eigenvalue weighted by Crippen LogP contribution is 2.20. The van der Waals surface area contributed by atoms with Gasteiger partial charge in [-0.2, -0.15) is 5.10 Å². The van der Waals surface area contributed by atoms with E-state index < -0.39 is 5.91 Å². The fourth-order valence-corrected chi connectivity index (χ4v) is 2.72. The number of nitrogens with one attached hydrogen (secondary N) is 1. The Labute approximate surface area is 154 Å². The molecule has 3 aromatic rings. The molecule has 0 atom stereocenters. The standard InChI is InChI=1S/C19H19N3O2.C2H6/c1-12-8-9-18(23)15(10-12)19(24)21-20-13(2)17-11-14-6-4-5-7-16(14)22(17)3;1-2/h4-11,23H,1-3H3,(H,21,24);1-2H3/b20-13+;. The molecular formula is C21H25N3O2. The number of benzene rings is 2. The van der Waals surface area contributed by atoms with Gasteiger partial charge >= 0.3 is 0 Å². The van der Waals surface area contributed by atoms with Crippen molar-refractivity contribution >= 4 is 22.5 Å². The van der Waals surface area contributed by atoms with Gasteiger partial charge in [0, 0.05) is 18.0 Å². The first-order valence-electron chi connectivity index (χ1n) is 8.66. The van der Waals surface area contributed by atoms with Crippen LogP contribution in [0.2, 0.25) is 0 Å². The number of hydrogen-bond donors (Lipinski definition) is 2. The summed E-state index contributed by atoms with van der Waals surface area (Å²) in [5, 5.41) is 15.1. The van der Waals surface area contributed by atoms with Gasteiger partial charge in [-0.1, -0.05) is 43.7 Å². The maximum atomic E-state index is 12.2. The van der Waals surface area contributed by atoms with Crippen LogP contribution in [0.25, 0.3) is 10.9 Å². The molecule has 0 saturated carbocycles. The number of hydrogen-bond acceptors (Lipinski definition) is 3. The Morgan fingerprint density at radius 3 is 2.50 bits per heavy atom. The first kappa shape index (κ1) is 19.2. The van der Waals surface area contributed by atoms with Gasteiger partial charge in [0.25, 0.3) is 5.91 Å². The topological polar surface area (TPSA) is 66.6 Å². The number of nitrogens with zero attached hydrogens (tertiary/aromatic N) is 2. The normalized spacial score (nSPS) is 11.0. The van der Waals surface area contributed by atoms with Crippen LogP contribution in [0, 0.1) is 6.92 Å². The van der Waals surface area contributed by atoms with E-state index in [0.29, 0.717) is 5.71 Å². The van der Waals surface area contributed by atoms with Crippen molar-refractivity contribution in [3.63, 3.8) is 0 Å². The van der Waals surface area contributed by atoms with Crippen molar-refractivity contribution in [3.8, 4) is 5.75 Å². The number of aromatic hydroxyl groups is 1. The zero-order valence-corrected chi connectivity index (χ0v) is 15.9. The van der Waals surface area contributed by atoms with Gasteiger partial charge in [-0.25, -0.2) is 5.43 Å². The van der Waals surface area contributed by atoms with Gasteiger partial charge in [-0.3, -0.25) is 4.79 Å². The molecule has 1 heterocycles. The summed E-state index contributed by atoms with van der Waals surface area (Å²) in [4.78, 5) is 12.2. The van der Waals surface area contributed by atoms with Gasteiger partial charge < -0.3 is 9.67 Å². The monoisotopic (exact) mass is 351 g/mol. The summed E-state index contributed by atoms with van der Waals surface area (Å²) in [5.74, 6) is -0.495. The third kappa shape index (κ3) is 3.94. The highest BCUT2D eigenvalue weighted by Gasteiger charge is 2.12. The van der Waals surface area contributed by atoms with E-state index in [1.54, 1.807) is 12.1 Å². The lowest BCUT2D eigenvalue weighted by Gasteiger charge is -2.06. The number of para-hydroxylation sites is 1. The van der Waals surface area contributed by atoms with E-state index in [-0.39, 0.29) is 11.3 Å². The second-order valence-electron chi connectivity index (χ2n) is 5.81. The van der Waals surface area contributed by atoms with Crippen LogP contribution in [-0.4, -0.2) is 21.3 Å². The Kier molecular flexibility index (Phi) is 6.17. The first-order valence-corrected chi connectivity index (χ1v) is 8.66. The predicted molar refractivity (Wildman–Crippen MR) is 107 cm³/mol. The second-order valence-corrected chi connectivity index (χ2v) is 5.81. The fraction of sp³-hybridized carbons (Fsp3) is 0.238. The summed E-state index contributed by atoms with van der Waals surface area (Å²) in [6.45, 7) is 7.70. The highest BCUT2D eigenvalue weighted by molar-refractivity contribution is 6.03. The molecule has 0 radical (unpaired) electrons. The molecule has 2 aromatic carbocycles. The predicted octanol–water partition coefficient (Wildman–Crippen LogP) is 4.37. The minimum atomic E-state index is -0.436. The number of amides is 1. The van der Waals surface area contributed by atoms with E-state index in [1.165, 1.54) is 6.07 Å². The highest BCUT2D eigenvalue weighted by atomic mass is 16.3. The molecule has 0 aliphatic carbocycles. The quantitative estimate of drug-likeness (QED) is 0.543. The fourth-order valence-electron chi connectivity index (χ4n) is 2.72. The minimum absolute atomic E-state index is 0.0597. The zero-order valence-electron chi connectivity index (χ0n) is 15.9. The van der Waals surface area contributed by atoms with Crippen LogP contribution >= 0.6 is 0 Å². The third-order valence-electron chi connectivity index (χ3n) is 4.04. The Morgan fingerprint density at radius 1 is 1.12 bits per heavy atom. The zero-order chi connectivity index (χ0) is 19.3. The third-order valence-corrected chi connectivity index (χ3v) is 4.04. The summed E-state index contributed by atoms with van der Waals surface area (Å²) in [6.07, 6.45) is 0. The van der Waals surface area contributed by atoms with E-state index in [2.05, 4.69) is 10.5 Å². The molecule has 26 heavy (non-hydrogen) atoms. The van der Waals surface area contributed by atoms with Crippen molar-refractivity contribution < 1.29 is 9.90 Å². The van der Waals surface area contributed by atoms with Gasteiger partial charge in [0.05, 0.1) is 17.0 Å². The van der Waals surface area contributed by atoms with Gasteiger partial charge in [0.15, 0.2) is 0 Å². The number of phenols is 1. The summed E-state index contributed by atoms with van der Waals surface area (Å²) in [6, 6.07) is 15.0. The number of hydrazone groups is 1. The van der Waals surface area contributed by atoms with Crippen LogP contribution in [0.4, 0.5) is 0 Å². The average molecular weight is 351 g/mol. The molecule has 0 spiro atoms. The van der Waals surface area contributed by atoms with Crippen LogP contribution in [0.3, 0.4) is 0 Å². The number of carbonyl (C=O) groups excluding carboxylic acids is 1. The van der Waals surface area contributed by atoms with Crippen LogP contribution in [0.5, 0.6) is 5.75 Å². The molecule has 5 heteroatoms. The summed E-state index contributed by atoms with van der Waals surface area (Å²) in [5.41, 5.74) is 6.33. The SMILES string of the molecule is C/C(=N\NC(=O)c1cc(C)ccc1O)c1cc2ccccc2n1C.CC. The second kappa shape index (κ2) is 8.34. The van der Waals surface area contributed by atoms with E-state index in [9.17, 15) is 9.90 Å². The van der Waals surface area contributed by atoms with E-state index in [0.717, 1.165) is 22.2 Å². The van der Waals surface area contributed by atoms with Crippen molar-refractivity contribution in [1.82, 2.24) is 9.99 Å². The molecule has 0 saturated heterocycles. The number of aromatic nitrogens is 1. The average Bonchev–Trinajstić information content (AvgIpc) is 3.00. The smallest absolute Gasteiger partial charge is 0.275 e. The number of rotatable bonds is 3. The largest absolute Gasteiger partial charge is 0.507 e. The van der Waals surface area contributed by atoms with E-state index >= 15 is 0 Å². The molecule has 0 unspecified atom stereocenters. The van der Waals surface area contributed by atoms with Crippen molar-refractivity contribution in [2.24, 2.45) is 12.1 Å². The maximum Gasteiger partial charge on any atom is 0.275 e. The number of carbonyl (C=O) groups is 1. The van der Waals surface area contributed by atoms with E-state index in [4.69, 9.17) is 0 Å². The van der Waals surface area contributed by atoms with Gasteiger partial charge in [-0.15, -0.1) is 0 Å². The number of phenolic OH excluding ortho intramolecular Hbond substituents is 1. The Bertz CT molecular complexity index is 955. The Hall–Kier alpha value is -3.08. The van der Waals surface area contributed by atoms with Crippen LogP contribution in [-0.2, 0) is 7.05 Å². The van der Waals surface area contributed by atoms with Crippen molar-refractivity contribution in [1.29, 1.82) is 0 Å². The maximum absolute atomic E-state index is 12.2. The molecular weight excluding hydrogens is 326 g/mol. The van der Waals surface area contributed by atoms with Gasteiger partial charge in [0.1, 0.15) is 5.75 Å². The summed E-state index contributed by atoms with van der Waals surface area (Å²) in [7, 11) is 1.96. The Morgan fingerprint density at radius 2 is 1.81 bits per heavy atom. The van der Waals surface area contributed by atoms with E-state index in [1.807, 2.05) is 69.6 Å². The molecule has 0 aliphatic heterocycles. The molecule has 0 fully saturated rings. The molecule has 1 amide bonds. The lowest BCUT2D eigenvalue weighted by molar-refractivity contribution is 0.0952. The van der Waals surface area contributed by atoms with Crippen LogP contribution in [0.1, 0.15) is 42.4 Å². The van der Waals surface area contributed by atoms with Crippen molar-refractivity contribution in [3.05, 3.63) is 65.4 Å². The number of aryl methyl sites for hydroxylation is 2. The van der Waals surface area contributed by atoms with Crippen LogP contribution < -0.4 is 5.43 Å². The number of fused-ring (bicyclic) bond motifs is 1. The van der Waals surface area contributed by atoms with Gasteiger partial charge in [-0.05, 0) is 38.1 Å². The molecule has 1 aromatic heterocycles. The lowest BCUT2D eigenvalue weighted by atomic mass is 10.1. The first-order chi connectivity index (χ1) is 12.5. The molecule has 0 aliphatic rings. The Balaban J connectivity index is 0.00000117. The van der Waals surface area contributed by atoms with Gasteiger partial charge in [0.2, 0.25) is 0 Å². The molecule has 3 rings (SSSR count). The summed E-state index contributed by atoms with van der Waals surface area (Å²) >= 11 is 0. The van der Waals surface area contributed by atoms with Crippen molar-refractivity contribution in [2.75, 3.05) is 0 Å². The van der Waals surface area contributed by atoms with Crippen LogP contribution in [0.15, 0.2) is 53.6 Å². The molecule has 2 N–H and O–H groups in total. The molecule has 5 nitrogen and oxygen atoms in total. The van der Waals surface area contributed by atoms with Crippen molar-refractivity contribution in [2.45, 2.75) is 27.7 Å². The minimum Gasteiger partial charge on any atom is -0.507 e.